The molecule has 144 valence electrons. The summed E-state index contributed by atoms with van der Waals surface area (Å²) in [5.74, 6) is 1.30. The van der Waals surface area contributed by atoms with Crippen molar-refractivity contribution in [2.45, 2.75) is 24.4 Å². The van der Waals surface area contributed by atoms with E-state index in [2.05, 4.69) is 10.3 Å². The molecule has 0 fully saturated rings. The lowest BCUT2D eigenvalue weighted by Crippen LogP contribution is -2.18. The number of aromatic nitrogens is 2. The third-order valence-corrected chi connectivity index (χ3v) is 5.93. The minimum absolute atomic E-state index is 0.0533. The predicted octanol–water partition coefficient (Wildman–Crippen LogP) is 3.33. The van der Waals surface area contributed by atoms with Crippen molar-refractivity contribution in [3.8, 4) is 11.4 Å². The minimum Gasteiger partial charge on any atom is -0.494 e. The Kier molecular flexibility index (Phi) is 5.53. The highest BCUT2D eigenvalue weighted by Crippen LogP contribution is 2.26. The molecule has 1 N–H and O–H groups in total. The summed E-state index contributed by atoms with van der Waals surface area (Å²) in [5, 5.41) is 3.41. The number of carbonyl (C=O) groups excluding carboxylic acids is 1. The second-order valence-electron chi connectivity index (χ2n) is 6.53. The molecular formula is C21H21N3O3S. The Labute approximate surface area is 166 Å². The van der Waals surface area contributed by atoms with Crippen LogP contribution in [0.3, 0.4) is 0 Å². The van der Waals surface area contributed by atoms with Crippen molar-refractivity contribution in [3.05, 3.63) is 66.5 Å². The number of nitrogens with one attached hydrogen (secondary N) is 1. The van der Waals surface area contributed by atoms with Crippen LogP contribution in [-0.4, -0.2) is 32.0 Å². The van der Waals surface area contributed by atoms with Crippen LogP contribution < -0.4 is 10.1 Å². The molecular weight excluding hydrogens is 374 g/mol. The fourth-order valence-corrected chi connectivity index (χ4v) is 4.29. The van der Waals surface area contributed by atoms with E-state index in [4.69, 9.17) is 4.74 Å². The number of hydrogen-bond donors (Lipinski definition) is 1. The number of fused-ring (bicyclic) bond motifs is 1. The fraction of sp³-hybridized carbons (Fsp3) is 0.238. The average Bonchev–Trinajstić information content (AvgIpc) is 3.22. The van der Waals surface area contributed by atoms with Gasteiger partial charge in [0.25, 0.3) is 0 Å². The predicted molar refractivity (Wildman–Crippen MR) is 108 cm³/mol. The van der Waals surface area contributed by atoms with E-state index in [1.54, 1.807) is 6.20 Å². The Morgan fingerprint density at radius 2 is 2.00 bits per heavy atom. The van der Waals surface area contributed by atoms with Crippen molar-refractivity contribution in [1.82, 2.24) is 9.55 Å². The molecule has 1 aliphatic rings. The Morgan fingerprint density at radius 1 is 1.14 bits per heavy atom. The number of hydrogen-bond acceptors (Lipinski definition) is 4. The van der Waals surface area contributed by atoms with Crippen molar-refractivity contribution in [2.75, 3.05) is 17.7 Å². The second kappa shape index (κ2) is 8.39. The van der Waals surface area contributed by atoms with Gasteiger partial charge in [-0.05, 0) is 48.7 Å². The first-order valence-electron chi connectivity index (χ1n) is 9.23. The lowest BCUT2D eigenvalue weighted by atomic mass is 10.0. The van der Waals surface area contributed by atoms with Crippen LogP contribution in [0.15, 0.2) is 66.1 Å². The molecule has 4 rings (SSSR count). The van der Waals surface area contributed by atoms with E-state index in [0.717, 1.165) is 29.1 Å². The third-order valence-electron chi connectivity index (χ3n) is 4.56. The maximum atomic E-state index is 12.7. The van der Waals surface area contributed by atoms with Crippen LogP contribution in [0.25, 0.3) is 5.69 Å². The van der Waals surface area contributed by atoms with Crippen LogP contribution in [0.2, 0.25) is 0 Å². The molecule has 1 aliphatic heterocycles. The molecule has 0 aliphatic carbocycles. The topological polar surface area (TPSA) is 73.2 Å². The summed E-state index contributed by atoms with van der Waals surface area (Å²) in [6, 6.07) is 15.4. The first-order valence-corrected chi connectivity index (χ1v) is 10.6. The standard InChI is InChI=1S/C21H21N3O3S/c25-20-10-7-16-15-18(8-9-19(16)23-20)27-13-4-14-28(26)21-22-11-12-24(21)17-5-2-1-3-6-17/h1-3,5-6,8-9,11-12,15H,4,7,10,13-14H2,(H,23,25). The number of anilines is 1. The van der Waals surface area contributed by atoms with Gasteiger partial charge < -0.3 is 10.1 Å². The second-order valence-corrected chi connectivity index (χ2v) is 8.00. The van der Waals surface area contributed by atoms with Crippen molar-refractivity contribution in [1.29, 1.82) is 0 Å². The summed E-state index contributed by atoms with van der Waals surface area (Å²) in [6.07, 6.45) is 5.38. The first-order chi connectivity index (χ1) is 13.7. The number of para-hydroxylation sites is 1. The van der Waals surface area contributed by atoms with Crippen molar-refractivity contribution >= 4 is 22.4 Å². The van der Waals surface area contributed by atoms with Crippen LogP contribution in [0.5, 0.6) is 5.75 Å². The zero-order valence-corrected chi connectivity index (χ0v) is 16.2. The first kappa shape index (κ1) is 18.4. The van der Waals surface area contributed by atoms with Gasteiger partial charge in [0, 0.05) is 35.9 Å². The molecule has 28 heavy (non-hydrogen) atoms. The van der Waals surface area contributed by atoms with Gasteiger partial charge in [-0.2, -0.15) is 0 Å². The van der Waals surface area contributed by atoms with E-state index < -0.39 is 10.8 Å². The van der Waals surface area contributed by atoms with Crippen molar-refractivity contribution in [3.63, 3.8) is 0 Å². The Bertz CT molecular complexity index is 1000. The van der Waals surface area contributed by atoms with Gasteiger partial charge >= 0.3 is 0 Å². The summed E-state index contributed by atoms with van der Waals surface area (Å²) in [6.45, 7) is 0.475. The van der Waals surface area contributed by atoms with Crippen LogP contribution in [-0.2, 0) is 22.0 Å². The summed E-state index contributed by atoms with van der Waals surface area (Å²) >= 11 is 0. The summed E-state index contributed by atoms with van der Waals surface area (Å²) < 4.78 is 20.3. The molecule has 2 heterocycles. The van der Waals surface area contributed by atoms with Gasteiger partial charge in [0.05, 0.1) is 17.4 Å². The summed E-state index contributed by atoms with van der Waals surface area (Å²) in [7, 11) is -1.20. The molecule has 7 heteroatoms. The number of ether oxygens (including phenoxy) is 1. The molecule has 0 spiro atoms. The summed E-state index contributed by atoms with van der Waals surface area (Å²) in [5.41, 5.74) is 2.89. The number of amides is 1. The zero-order valence-electron chi connectivity index (χ0n) is 15.3. The molecule has 0 radical (unpaired) electrons. The van der Waals surface area contributed by atoms with Gasteiger partial charge in [0.1, 0.15) is 5.75 Å². The molecule has 2 aromatic carbocycles. The third kappa shape index (κ3) is 4.14. The quantitative estimate of drug-likeness (QED) is 0.623. The van der Waals surface area contributed by atoms with E-state index in [0.29, 0.717) is 30.4 Å². The lowest BCUT2D eigenvalue weighted by molar-refractivity contribution is -0.116. The minimum atomic E-state index is -1.20. The van der Waals surface area contributed by atoms with Crippen LogP contribution in [0.4, 0.5) is 5.69 Å². The van der Waals surface area contributed by atoms with Gasteiger partial charge in [-0.25, -0.2) is 4.98 Å². The SMILES string of the molecule is O=C1CCc2cc(OCCCS(=O)c3nccn3-c3ccccc3)ccc2N1. The van der Waals surface area contributed by atoms with Crippen molar-refractivity contribution < 1.29 is 13.7 Å². The number of imidazole rings is 1. The molecule has 1 aromatic heterocycles. The molecule has 1 amide bonds. The Hall–Kier alpha value is -2.93. The van der Waals surface area contributed by atoms with Gasteiger partial charge in [-0.3, -0.25) is 13.6 Å². The molecule has 1 atom stereocenters. The molecule has 6 nitrogen and oxygen atoms in total. The lowest BCUT2D eigenvalue weighted by Gasteiger charge is -2.17. The summed E-state index contributed by atoms with van der Waals surface area (Å²) in [4.78, 5) is 15.7. The van der Waals surface area contributed by atoms with Gasteiger partial charge in [-0.1, -0.05) is 18.2 Å². The Morgan fingerprint density at radius 3 is 2.86 bits per heavy atom. The zero-order chi connectivity index (χ0) is 19.3. The van der Waals surface area contributed by atoms with E-state index >= 15 is 0 Å². The molecule has 0 saturated heterocycles. The van der Waals surface area contributed by atoms with Crippen LogP contribution >= 0.6 is 0 Å². The monoisotopic (exact) mass is 395 g/mol. The molecule has 0 saturated carbocycles. The maximum Gasteiger partial charge on any atom is 0.224 e. The van der Waals surface area contributed by atoms with Crippen LogP contribution in [0, 0.1) is 0 Å². The van der Waals surface area contributed by atoms with Crippen LogP contribution in [0.1, 0.15) is 18.4 Å². The fourth-order valence-electron chi connectivity index (χ4n) is 3.16. The number of rotatable bonds is 7. The number of nitrogens with zero attached hydrogens (tertiary/aromatic N) is 2. The smallest absolute Gasteiger partial charge is 0.224 e. The normalized spacial score (nSPS) is 14.2. The number of aryl methyl sites for hydroxylation is 1. The number of benzene rings is 2. The van der Waals surface area contributed by atoms with Gasteiger partial charge in [0.15, 0.2) is 0 Å². The highest BCUT2D eigenvalue weighted by atomic mass is 32.2. The molecule has 3 aromatic rings. The average molecular weight is 395 g/mol. The van der Waals surface area contributed by atoms with E-state index in [1.807, 2.05) is 59.3 Å². The van der Waals surface area contributed by atoms with Crippen molar-refractivity contribution in [2.24, 2.45) is 0 Å². The van der Waals surface area contributed by atoms with E-state index in [1.165, 1.54) is 0 Å². The molecule has 0 bridgehead atoms. The van der Waals surface area contributed by atoms with E-state index in [9.17, 15) is 9.00 Å². The molecule has 1 unspecified atom stereocenters. The highest BCUT2D eigenvalue weighted by molar-refractivity contribution is 7.84. The maximum absolute atomic E-state index is 12.7. The Balaban J connectivity index is 1.31. The number of carbonyl (C=O) groups is 1. The highest BCUT2D eigenvalue weighted by Gasteiger charge is 2.15. The van der Waals surface area contributed by atoms with E-state index in [-0.39, 0.29) is 5.91 Å². The van der Waals surface area contributed by atoms with Gasteiger partial charge in [0.2, 0.25) is 11.1 Å². The largest absolute Gasteiger partial charge is 0.494 e. The van der Waals surface area contributed by atoms with Gasteiger partial charge in [-0.15, -0.1) is 0 Å².